The molecule has 0 aliphatic heterocycles. The molecule has 0 saturated carbocycles. The summed E-state index contributed by atoms with van der Waals surface area (Å²) in [6.45, 7) is 8.56. The van der Waals surface area contributed by atoms with Gasteiger partial charge in [-0.1, -0.05) is 50.2 Å². The minimum atomic E-state index is -0.679. The summed E-state index contributed by atoms with van der Waals surface area (Å²) in [5.74, 6) is 0.530. The van der Waals surface area contributed by atoms with Crippen LogP contribution >= 0.6 is 0 Å². The molecule has 0 radical (unpaired) electrons. The second-order valence-electron chi connectivity index (χ2n) is 7.23. The molecular formula is C24H27NO4. The third-order valence-corrected chi connectivity index (χ3v) is 5.23. The molecule has 0 aliphatic carbocycles. The van der Waals surface area contributed by atoms with Crippen molar-refractivity contribution >= 4 is 16.9 Å². The number of carbonyl (C=O) groups excluding carboxylic acids is 1. The number of ether oxygens (including phenoxy) is 1. The van der Waals surface area contributed by atoms with Gasteiger partial charge in [-0.05, 0) is 49.4 Å². The fourth-order valence-corrected chi connectivity index (χ4v) is 3.25. The van der Waals surface area contributed by atoms with Crippen LogP contribution in [0.15, 0.2) is 57.7 Å². The molecule has 3 rings (SSSR count). The summed E-state index contributed by atoms with van der Waals surface area (Å²) in [6.07, 6.45) is 1.08. The highest BCUT2D eigenvalue weighted by Crippen LogP contribution is 2.25. The van der Waals surface area contributed by atoms with Crippen molar-refractivity contribution in [3.05, 3.63) is 75.6 Å². The molecule has 0 fully saturated rings. The molecule has 1 amide bonds. The van der Waals surface area contributed by atoms with Crippen LogP contribution in [0.3, 0.4) is 0 Å². The summed E-state index contributed by atoms with van der Waals surface area (Å²) < 4.78 is 10.9. The van der Waals surface area contributed by atoms with E-state index in [2.05, 4.69) is 31.3 Å². The molecule has 152 valence electrons. The molecule has 0 unspecified atom stereocenters. The van der Waals surface area contributed by atoms with E-state index >= 15 is 0 Å². The predicted octanol–water partition coefficient (Wildman–Crippen LogP) is 5.20. The number of nitrogens with one attached hydrogen (secondary N) is 1. The minimum absolute atomic E-state index is 0.0192. The summed E-state index contributed by atoms with van der Waals surface area (Å²) in [5.41, 5.74) is 1.91. The molecule has 0 saturated heterocycles. The number of benzene rings is 2. The van der Waals surface area contributed by atoms with E-state index in [-0.39, 0.29) is 11.6 Å². The first-order valence-corrected chi connectivity index (χ1v) is 10.0. The van der Waals surface area contributed by atoms with Gasteiger partial charge < -0.3 is 14.5 Å². The van der Waals surface area contributed by atoms with Crippen molar-refractivity contribution in [2.45, 2.75) is 46.1 Å². The number of hydrogen-bond acceptors (Lipinski definition) is 4. The van der Waals surface area contributed by atoms with Crippen molar-refractivity contribution in [2.24, 2.45) is 0 Å². The molecule has 1 heterocycles. The van der Waals surface area contributed by atoms with Gasteiger partial charge in [0.15, 0.2) is 11.3 Å². The SMILES string of the molecule is CCOc1cccc2cc(C(=O)N[C@@H](C)c3ccc([C@@H](C)CC)cc3)c(=O)oc12. The first-order valence-electron chi connectivity index (χ1n) is 10.0. The Balaban J connectivity index is 1.82. The molecule has 5 nitrogen and oxygen atoms in total. The molecule has 0 spiro atoms. The van der Waals surface area contributed by atoms with Crippen molar-refractivity contribution < 1.29 is 13.9 Å². The van der Waals surface area contributed by atoms with Crippen LogP contribution < -0.4 is 15.7 Å². The van der Waals surface area contributed by atoms with E-state index in [9.17, 15) is 9.59 Å². The topological polar surface area (TPSA) is 68.5 Å². The van der Waals surface area contributed by atoms with Crippen LogP contribution in [0.5, 0.6) is 5.75 Å². The van der Waals surface area contributed by atoms with E-state index in [0.717, 1.165) is 12.0 Å². The molecule has 2 aromatic carbocycles. The quantitative estimate of drug-likeness (QED) is 0.561. The van der Waals surface area contributed by atoms with Gasteiger partial charge in [0.1, 0.15) is 5.56 Å². The summed E-state index contributed by atoms with van der Waals surface area (Å²) in [7, 11) is 0. The number of amides is 1. The number of carbonyl (C=O) groups is 1. The van der Waals surface area contributed by atoms with E-state index in [4.69, 9.17) is 9.15 Å². The van der Waals surface area contributed by atoms with E-state index in [1.165, 1.54) is 5.56 Å². The molecule has 29 heavy (non-hydrogen) atoms. The fraction of sp³-hybridized carbons (Fsp3) is 0.333. The van der Waals surface area contributed by atoms with Crippen LogP contribution in [-0.2, 0) is 0 Å². The molecular weight excluding hydrogens is 366 g/mol. The number of para-hydroxylation sites is 1. The molecule has 0 bridgehead atoms. The zero-order chi connectivity index (χ0) is 21.0. The Labute approximate surface area is 170 Å². The van der Waals surface area contributed by atoms with E-state index in [1.54, 1.807) is 24.3 Å². The Morgan fingerprint density at radius 3 is 2.41 bits per heavy atom. The van der Waals surface area contributed by atoms with Gasteiger partial charge in [0.2, 0.25) is 0 Å². The summed E-state index contributed by atoms with van der Waals surface area (Å²) in [6, 6.07) is 14.9. The van der Waals surface area contributed by atoms with Crippen LogP contribution in [0, 0.1) is 0 Å². The van der Waals surface area contributed by atoms with E-state index < -0.39 is 11.5 Å². The van der Waals surface area contributed by atoms with Crippen LogP contribution in [0.1, 0.15) is 67.6 Å². The third kappa shape index (κ3) is 4.50. The van der Waals surface area contributed by atoms with Gasteiger partial charge in [-0.2, -0.15) is 0 Å². The maximum Gasteiger partial charge on any atom is 0.349 e. The lowest BCUT2D eigenvalue weighted by Crippen LogP contribution is -2.30. The van der Waals surface area contributed by atoms with Crippen molar-refractivity contribution in [1.82, 2.24) is 5.32 Å². The molecule has 0 aliphatic rings. The van der Waals surface area contributed by atoms with Crippen LogP contribution in [0.25, 0.3) is 11.0 Å². The van der Waals surface area contributed by atoms with Gasteiger partial charge in [-0.25, -0.2) is 4.79 Å². The first kappa shape index (κ1) is 20.6. The fourth-order valence-electron chi connectivity index (χ4n) is 3.25. The molecule has 1 N–H and O–H groups in total. The summed E-state index contributed by atoms with van der Waals surface area (Å²) in [5, 5.41) is 3.53. The van der Waals surface area contributed by atoms with Crippen LogP contribution in [0.2, 0.25) is 0 Å². The highest BCUT2D eigenvalue weighted by Gasteiger charge is 2.18. The highest BCUT2D eigenvalue weighted by molar-refractivity contribution is 5.97. The zero-order valence-electron chi connectivity index (χ0n) is 17.3. The summed E-state index contributed by atoms with van der Waals surface area (Å²) >= 11 is 0. The second-order valence-corrected chi connectivity index (χ2v) is 7.23. The Morgan fingerprint density at radius 2 is 1.76 bits per heavy atom. The maximum absolute atomic E-state index is 12.7. The number of fused-ring (bicyclic) bond motifs is 1. The number of rotatable bonds is 7. The average molecular weight is 393 g/mol. The van der Waals surface area contributed by atoms with Crippen molar-refractivity contribution in [3.63, 3.8) is 0 Å². The average Bonchev–Trinajstić information content (AvgIpc) is 2.73. The third-order valence-electron chi connectivity index (χ3n) is 5.23. The Kier molecular flexibility index (Phi) is 6.37. The lowest BCUT2D eigenvalue weighted by Gasteiger charge is -2.16. The van der Waals surface area contributed by atoms with Gasteiger partial charge in [-0.3, -0.25) is 4.79 Å². The standard InChI is InChI=1S/C24H27NO4/c1-5-15(3)17-10-12-18(13-11-17)16(4)25-23(26)20-14-19-8-7-9-21(28-6-2)22(19)29-24(20)27/h7-16H,5-6H2,1-4H3,(H,25,26)/t15-,16-/m0/s1. The van der Waals surface area contributed by atoms with Crippen LogP contribution in [0.4, 0.5) is 0 Å². The van der Waals surface area contributed by atoms with Crippen molar-refractivity contribution in [2.75, 3.05) is 6.61 Å². The largest absolute Gasteiger partial charge is 0.490 e. The smallest absolute Gasteiger partial charge is 0.349 e. The van der Waals surface area contributed by atoms with Crippen molar-refractivity contribution in [3.8, 4) is 5.75 Å². The predicted molar refractivity (Wildman–Crippen MR) is 115 cm³/mol. The van der Waals surface area contributed by atoms with Gasteiger partial charge in [0.05, 0.1) is 12.6 Å². The zero-order valence-corrected chi connectivity index (χ0v) is 17.3. The summed E-state index contributed by atoms with van der Waals surface area (Å²) in [4.78, 5) is 25.1. The van der Waals surface area contributed by atoms with Gasteiger partial charge in [0, 0.05) is 5.39 Å². The van der Waals surface area contributed by atoms with Crippen LogP contribution in [-0.4, -0.2) is 12.5 Å². The molecule has 2 atom stereocenters. The maximum atomic E-state index is 12.7. The van der Waals surface area contributed by atoms with Gasteiger partial charge >= 0.3 is 5.63 Å². The second kappa shape index (κ2) is 8.95. The first-order chi connectivity index (χ1) is 13.9. The molecule has 3 aromatic rings. The van der Waals surface area contributed by atoms with Gasteiger partial charge in [-0.15, -0.1) is 0 Å². The lowest BCUT2D eigenvalue weighted by atomic mass is 9.96. The molecule has 1 aromatic heterocycles. The lowest BCUT2D eigenvalue weighted by molar-refractivity contribution is 0.0936. The Hall–Kier alpha value is -3.08. The van der Waals surface area contributed by atoms with E-state index in [0.29, 0.717) is 29.2 Å². The van der Waals surface area contributed by atoms with Crippen molar-refractivity contribution in [1.29, 1.82) is 0 Å². The highest BCUT2D eigenvalue weighted by atomic mass is 16.5. The van der Waals surface area contributed by atoms with E-state index in [1.807, 2.05) is 26.0 Å². The monoisotopic (exact) mass is 393 g/mol. The minimum Gasteiger partial charge on any atom is -0.490 e. The normalized spacial score (nSPS) is 13.1. The Bertz CT molecular complexity index is 1050. The molecule has 5 heteroatoms. The number of hydrogen-bond donors (Lipinski definition) is 1. The van der Waals surface area contributed by atoms with Gasteiger partial charge in [0.25, 0.3) is 5.91 Å². The Morgan fingerprint density at radius 1 is 1.07 bits per heavy atom.